The quantitative estimate of drug-likeness (QED) is 0.815. The minimum atomic E-state index is -0.0382. The number of benzene rings is 1. The van der Waals surface area contributed by atoms with Gasteiger partial charge in [0.15, 0.2) is 0 Å². The molecule has 2 heterocycles. The van der Waals surface area contributed by atoms with Gasteiger partial charge in [-0.2, -0.15) is 0 Å². The van der Waals surface area contributed by atoms with Crippen LogP contribution < -0.4 is 5.32 Å². The zero-order valence-corrected chi connectivity index (χ0v) is 16.4. The number of carbonyl (C=O) groups is 2. The first kappa shape index (κ1) is 18.9. The molecule has 0 bridgehead atoms. The van der Waals surface area contributed by atoms with E-state index in [1.54, 1.807) is 0 Å². The van der Waals surface area contributed by atoms with E-state index in [1.165, 1.54) is 11.3 Å². The molecule has 138 valence electrons. The maximum Gasteiger partial charge on any atom is 0.263 e. The van der Waals surface area contributed by atoms with Crippen molar-refractivity contribution in [3.05, 3.63) is 57.2 Å². The Morgan fingerprint density at radius 2 is 1.92 bits per heavy atom. The third-order valence-electron chi connectivity index (χ3n) is 4.88. The zero-order valence-electron chi connectivity index (χ0n) is 14.8. The molecule has 1 aliphatic rings. The summed E-state index contributed by atoms with van der Waals surface area (Å²) in [6.45, 7) is 3.32. The predicted octanol–water partition coefficient (Wildman–Crippen LogP) is 4.52. The van der Waals surface area contributed by atoms with Crippen LogP contribution in [-0.2, 0) is 4.79 Å². The van der Waals surface area contributed by atoms with Crippen molar-refractivity contribution in [3.8, 4) is 0 Å². The summed E-state index contributed by atoms with van der Waals surface area (Å²) >= 11 is 7.41. The van der Waals surface area contributed by atoms with Crippen LogP contribution in [-0.4, -0.2) is 29.8 Å². The number of halogens is 1. The first-order chi connectivity index (χ1) is 12.6. The highest BCUT2D eigenvalue weighted by atomic mass is 35.5. The smallest absolute Gasteiger partial charge is 0.263 e. The summed E-state index contributed by atoms with van der Waals surface area (Å²) in [6, 6.07) is 11.3. The summed E-state index contributed by atoms with van der Waals surface area (Å²) in [5, 5.41) is 5.76. The summed E-state index contributed by atoms with van der Waals surface area (Å²) in [7, 11) is 0. The van der Waals surface area contributed by atoms with Crippen LogP contribution in [0.4, 0.5) is 0 Å². The molecule has 4 nitrogen and oxygen atoms in total. The number of hydrogen-bond donors (Lipinski definition) is 1. The third-order valence-corrected chi connectivity index (χ3v) is 5.99. The zero-order chi connectivity index (χ0) is 18.5. The second kappa shape index (κ2) is 8.69. The van der Waals surface area contributed by atoms with Gasteiger partial charge >= 0.3 is 0 Å². The average Bonchev–Trinajstić information content (AvgIpc) is 3.21. The topological polar surface area (TPSA) is 49.4 Å². The SMILES string of the molecule is CCC(NC(=O)C1CCN(C(=O)c2cccs2)CC1)c1ccc(Cl)cc1. The molecule has 26 heavy (non-hydrogen) atoms. The summed E-state index contributed by atoms with van der Waals surface area (Å²) in [5.41, 5.74) is 1.07. The first-order valence-electron chi connectivity index (χ1n) is 8.97. The number of rotatable bonds is 5. The van der Waals surface area contributed by atoms with E-state index in [-0.39, 0.29) is 23.8 Å². The molecule has 1 fully saturated rings. The van der Waals surface area contributed by atoms with Gasteiger partial charge in [-0.25, -0.2) is 0 Å². The van der Waals surface area contributed by atoms with Gasteiger partial charge < -0.3 is 10.2 Å². The van der Waals surface area contributed by atoms with Gasteiger partial charge in [-0.3, -0.25) is 9.59 Å². The van der Waals surface area contributed by atoms with Gasteiger partial charge in [0, 0.05) is 24.0 Å². The van der Waals surface area contributed by atoms with E-state index in [0.717, 1.165) is 16.9 Å². The van der Waals surface area contributed by atoms with Crippen LogP contribution >= 0.6 is 22.9 Å². The van der Waals surface area contributed by atoms with Crippen molar-refractivity contribution >= 4 is 34.8 Å². The van der Waals surface area contributed by atoms with E-state index >= 15 is 0 Å². The number of hydrogen-bond acceptors (Lipinski definition) is 3. The Morgan fingerprint density at radius 3 is 2.50 bits per heavy atom. The third kappa shape index (κ3) is 4.46. The van der Waals surface area contributed by atoms with Crippen LogP contribution in [0, 0.1) is 5.92 Å². The molecule has 1 saturated heterocycles. The molecule has 6 heteroatoms. The fourth-order valence-electron chi connectivity index (χ4n) is 3.31. The first-order valence-corrected chi connectivity index (χ1v) is 10.2. The Bertz CT molecular complexity index is 738. The normalized spacial score (nSPS) is 16.3. The van der Waals surface area contributed by atoms with Crippen LogP contribution in [0.2, 0.25) is 5.02 Å². The highest BCUT2D eigenvalue weighted by Gasteiger charge is 2.29. The van der Waals surface area contributed by atoms with Crippen molar-refractivity contribution in [2.75, 3.05) is 13.1 Å². The molecule has 1 aromatic carbocycles. The van der Waals surface area contributed by atoms with Crippen LogP contribution in [0.3, 0.4) is 0 Å². The molecule has 1 aliphatic heterocycles. The van der Waals surface area contributed by atoms with Crippen molar-refractivity contribution in [1.82, 2.24) is 10.2 Å². The predicted molar refractivity (Wildman–Crippen MR) is 106 cm³/mol. The van der Waals surface area contributed by atoms with E-state index in [4.69, 9.17) is 11.6 Å². The van der Waals surface area contributed by atoms with Crippen molar-refractivity contribution in [1.29, 1.82) is 0 Å². The highest BCUT2D eigenvalue weighted by Crippen LogP contribution is 2.24. The molecule has 0 aliphatic carbocycles. The van der Waals surface area contributed by atoms with E-state index in [2.05, 4.69) is 12.2 Å². The molecule has 1 aromatic heterocycles. The number of nitrogens with one attached hydrogen (secondary N) is 1. The van der Waals surface area contributed by atoms with Gasteiger partial charge in [-0.15, -0.1) is 11.3 Å². The van der Waals surface area contributed by atoms with E-state index in [0.29, 0.717) is 31.0 Å². The summed E-state index contributed by atoms with van der Waals surface area (Å²) < 4.78 is 0. The minimum Gasteiger partial charge on any atom is -0.349 e. The van der Waals surface area contributed by atoms with Gasteiger partial charge in [0.05, 0.1) is 10.9 Å². The lowest BCUT2D eigenvalue weighted by Gasteiger charge is -2.32. The molecular formula is C20H23ClN2O2S. The van der Waals surface area contributed by atoms with Crippen LogP contribution in [0.5, 0.6) is 0 Å². The molecule has 0 radical (unpaired) electrons. The molecule has 2 aromatic rings. The number of thiophene rings is 1. The number of likely N-dealkylation sites (tertiary alicyclic amines) is 1. The van der Waals surface area contributed by atoms with Gasteiger partial charge in [-0.05, 0) is 48.4 Å². The molecule has 1 atom stereocenters. The number of carbonyl (C=O) groups excluding carboxylic acids is 2. The average molecular weight is 391 g/mol. The van der Waals surface area contributed by atoms with Crippen molar-refractivity contribution in [3.63, 3.8) is 0 Å². The molecule has 1 unspecified atom stereocenters. The van der Waals surface area contributed by atoms with Gasteiger partial charge in [0.1, 0.15) is 0 Å². The minimum absolute atomic E-state index is 0.00875. The monoisotopic (exact) mass is 390 g/mol. The fraction of sp³-hybridized carbons (Fsp3) is 0.400. The van der Waals surface area contributed by atoms with Crippen molar-refractivity contribution in [2.45, 2.75) is 32.2 Å². The highest BCUT2D eigenvalue weighted by molar-refractivity contribution is 7.12. The Morgan fingerprint density at radius 1 is 1.23 bits per heavy atom. The van der Waals surface area contributed by atoms with Crippen LogP contribution in [0.15, 0.2) is 41.8 Å². The maximum atomic E-state index is 12.7. The fourth-order valence-corrected chi connectivity index (χ4v) is 4.12. The van der Waals surface area contributed by atoms with Crippen LogP contribution in [0.1, 0.15) is 47.5 Å². The van der Waals surface area contributed by atoms with E-state index in [9.17, 15) is 9.59 Å². The molecule has 0 spiro atoms. The number of amides is 2. The molecule has 3 rings (SSSR count). The molecule has 1 N–H and O–H groups in total. The largest absolute Gasteiger partial charge is 0.349 e. The second-order valence-electron chi connectivity index (χ2n) is 6.56. The van der Waals surface area contributed by atoms with Crippen LogP contribution in [0.25, 0.3) is 0 Å². The lowest BCUT2D eigenvalue weighted by atomic mass is 9.94. The Balaban J connectivity index is 1.54. The second-order valence-corrected chi connectivity index (χ2v) is 7.95. The summed E-state index contributed by atoms with van der Waals surface area (Å²) in [6.07, 6.45) is 2.24. The molecule has 2 amide bonds. The summed E-state index contributed by atoms with van der Waals surface area (Å²) in [5.74, 6) is 0.116. The van der Waals surface area contributed by atoms with Crippen molar-refractivity contribution in [2.24, 2.45) is 5.92 Å². The Kier molecular flexibility index (Phi) is 6.33. The van der Waals surface area contributed by atoms with E-state index in [1.807, 2.05) is 46.7 Å². The lowest BCUT2D eigenvalue weighted by Crippen LogP contribution is -2.43. The lowest BCUT2D eigenvalue weighted by molar-refractivity contribution is -0.127. The van der Waals surface area contributed by atoms with Gasteiger partial charge in [0.25, 0.3) is 5.91 Å². The number of nitrogens with zero attached hydrogens (tertiary/aromatic N) is 1. The number of piperidine rings is 1. The summed E-state index contributed by atoms with van der Waals surface area (Å²) in [4.78, 5) is 27.7. The maximum absolute atomic E-state index is 12.7. The molecule has 0 saturated carbocycles. The standard InChI is InChI=1S/C20H23ClN2O2S/c1-2-17(14-5-7-16(21)8-6-14)22-19(24)15-9-11-23(12-10-15)20(25)18-4-3-13-26-18/h3-8,13,15,17H,2,9-12H2,1H3,(H,22,24). The Hall–Kier alpha value is -1.85. The van der Waals surface area contributed by atoms with Crippen molar-refractivity contribution < 1.29 is 9.59 Å². The van der Waals surface area contributed by atoms with Gasteiger partial charge in [0.2, 0.25) is 5.91 Å². The Labute approximate surface area is 163 Å². The van der Waals surface area contributed by atoms with E-state index < -0.39 is 0 Å². The van der Waals surface area contributed by atoms with Gasteiger partial charge in [-0.1, -0.05) is 36.7 Å². The molecular weight excluding hydrogens is 368 g/mol.